The molecule has 0 atom stereocenters. The average Bonchev–Trinajstić information content (AvgIpc) is 2.88. The van der Waals surface area contributed by atoms with Gasteiger partial charge in [-0.1, -0.05) is 0 Å². The van der Waals surface area contributed by atoms with Crippen LogP contribution in [0.2, 0.25) is 0 Å². The van der Waals surface area contributed by atoms with Gasteiger partial charge in [0.1, 0.15) is 24.3 Å². The lowest BCUT2D eigenvalue weighted by atomic mass is 10.1. The Bertz CT molecular complexity index is 1170. The normalized spacial score (nSPS) is 13.5. The Hall–Kier alpha value is -4.49. The Morgan fingerprint density at radius 1 is 1.10 bits per heavy atom. The number of amidine groups is 2. The number of ether oxygens (including phenoxy) is 2. The average molecular weight is 554 g/mol. The maximum atomic E-state index is 12.3. The molecule has 1 fully saturated rings. The standard InChI is InChI=1S/C23H29N5O4.C2HF3O2/c1-15(24)28-11-8-19(9-12-28)32-18-5-2-16(3-6-18)23(30)27-10-13-31-21-14-17(22(25)26)4-7-20(21)29;3-2(4,5)1(6)7/h2-7,14,19,24,29H,8-13H2,1H3,(H3,25,26)(H,27,30);(H,6,7). The number of likely N-dealkylation sites (tertiary alicyclic amines) is 1. The third-order valence-electron chi connectivity index (χ3n) is 5.49. The number of hydrogen-bond acceptors (Lipinski definition) is 7. The summed E-state index contributed by atoms with van der Waals surface area (Å²) in [7, 11) is 0. The molecule has 3 rings (SSSR count). The van der Waals surface area contributed by atoms with Gasteiger partial charge >= 0.3 is 12.1 Å². The van der Waals surface area contributed by atoms with E-state index in [1.54, 1.807) is 31.2 Å². The second-order valence-corrected chi connectivity index (χ2v) is 8.42. The number of carboxylic acids is 1. The van der Waals surface area contributed by atoms with Gasteiger partial charge in [-0.05, 0) is 49.4 Å². The third-order valence-corrected chi connectivity index (χ3v) is 5.49. The van der Waals surface area contributed by atoms with Gasteiger partial charge in [-0.25, -0.2) is 4.79 Å². The van der Waals surface area contributed by atoms with Crippen molar-refractivity contribution in [3.05, 3.63) is 53.6 Å². The van der Waals surface area contributed by atoms with Gasteiger partial charge in [0.15, 0.2) is 11.5 Å². The van der Waals surface area contributed by atoms with Crippen molar-refractivity contribution in [1.82, 2.24) is 10.2 Å². The molecule has 1 amide bonds. The largest absolute Gasteiger partial charge is 0.504 e. The van der Waals surface area contributed by atoms with E-state index in [1.165, 1.54) is 18.2 Å². The number of carbonyl (C=O) groups excluding carboxylic acids is 1. The fourth-order valence-electron chi connectivity index (χ4n) is 3.41. The highest BCUT2D eigenvalue weighted by atomic mass is 19.4. The summed E-state index contributed by atoms with van der Waals surface area (Å²) in [5.41, 5.74) is 6.39. The Morgan fingerprint density at radius 3 is 2.18 bits per heavy atom. The molecule has 1 saturated heterocycles. The highest BCUT2D eigenvalue weighted by Gasteiger charge is 2.38. The first kappa shape index (κ1) is 30.7. The maximum absolute atomic E-state index is 12.3. The van der Waals surface area contributed by atoms with E-state index in [-0.39, 0.29) is 42.5 Å². The zero-order chi connectivity index (χ0) is 29.2. The molecule has 0 spiro atoms. The minimum absolute atomic E-state index is 0.0597. The van der Waals surface area contributed by atoms with E-state index in [2.05, 4.69) is 5.32 Å². The fraction of sp³-hybridized carbons (Fsp3) is 0.360. The Morgan fingerprint density at radius 2 is 1.67 bits per heavy atom. The van der Waals surface area contributed by atoms with Gasteiger partial charge in [0.05, 0.1) is 12.4 Å². The fourth-order valence-corrected chi connectivity index (χ4v) is 3.41. The van der Waals surface area contributed by atoms with Crippen molar-refractivity contribution >= 4 is 23.5 Å². The highest BCUT2D eigenvalue weighted by Crippen LogP contribution is 2.26. The monoisotopic (exact) mass is 553 g/mol. The zero-order valence-corrected chi connectivity index (χ0v) is 21.0. The molecule has 1 aliphatic heterocycles. The van der Waals surface area contributed by atoms with Crippen molar-refractivity contribution in [2.45, 2.75) is 32.0 Å². The molecule has 1 heterocycles. The number of amides is 1. The van der Waals surface area contributed by atoms with Crippen LogP contribution in [0.5, 0.6) is 17.2 Å². The molecule has 2 aromatic carbocycles. The molecule has 14 heteroatoms. The van der Waals surface area contributed by atoms with Crippen LogP contribution in [0.1, 0.15) is 35.7 Å². The van der Waals surface area contributed by atoms with Crippen molar-refractivity contribution in [3.63, 3.8) is 0 Å². The van der Waals surface area contributed by atoms with Crippen LogP contribution in [0.15, 0.2) is 42.5 Å². The predicted molar refractivity (Wildman–Crippen MR) is 136 cm³/mol. The summed E-state index contributed by atoms with van der Waals surface area (Å²) in [6, 6.07) is 11.4. The molecular weight excluding hydrogens is 523 g/mol. The number of aromatic hydroxyl groups is 1. The van der Waals surface area contributed by atoms with E-state index in [0.717, 1.165) is 31.7 Å². The van der Waals surface area contributed by atoms with Gasteiger partial charge in [-0.2, -0.15) is 13.2 Å². The molecule has 7 N–H and O–H groups in total. The number of benzene rings is 2. The van der Waals surface area contributed by atoms with Crippen LogP contribution < -0.4 is 20.5 Å². The molecule has 0 saturated carbocycles. The number of piperidine rings is 1. The van der Waals surface area contributed by atoms with Crippen molar-refractivity contribution in [2.24, 2.45) is 5.73 Å². The van der Waals surface area contributed by atoms with Crippen LogP contribution in [-0.2, 0) is 4.79 Å². The lowest BCUT2D eigenvalue weighted by Crippen LogP contribution is -2.40. The number of alkyl halides is 3. The van der Waals surface area contributed by atoms with Gasteiger partial charge in [0, 0.05) is 37.1 Å². The summed E-state index contributed by atoms with van der Waals surface area (Å²) in [6.45, 7) is 3.83. The molecule has 0 unspecified atom stereocenters. The number of halogens is 3. The lowest BCUT2D eigenvalue weighted by molar-refractivity contribution is -0.192. The van der Waals surface area contributed by atoms with Crippen molar-refractivity contribution in [2.75, 3.05) is 26.2 Å². The van der Waals surface area contributed by atoms with Crippen LogP contribution >= 0.6 is 0 Å². The first-order valence-electron chi connectivity index (χ1n) is 11.7. The number of phenols is 1. The van der Waals surface area contributed by atoms with E-state index >= 15 is 0 Å². The molecule has 2 aromatic rings. The second-order valence-electron chi connectivity index (χ2n) is 8.42. The second kappa shape index (κ2) is 13.9. The molecular formula is C25H30F3N5O6. The van der Waals surface area contributed by atoms with Gasteiger partial charge in [-0.15, -0.1) is 0 Å². The molecule has 212 valence electrons. The minimum atomic E-state index is -5.08. The minimum Gasteiger partial charge on any atom is -0.504 e. The summed E-state index contributed by atoms with van der Waals surface area (Å²) in [4.78, 5) is 23.3. The molecule has 0 bridgehead atoms. The third kappa shape index (κ3) is 10.1. The number of aliphatic carboxylic acids is 1. The molecule has 0 aliphatic carbocycles. The number of nitrogens with two attached hydrogens (primary N) is 1. The number of phenolic OH excluding ortho intramolecular Hbond substituents is 1. The number of rotatable bonds is 8. The van der Waals surface area contributed by atoms with Crippen molar-refractivity contribution in [1.29, 1.82) is 10.8 Å². The quantitative estimate of drug-likeness (QED) is 0.164. The molecule has 0 radical (unpaired) electrons. The van der Waals surface area contributed by atoms with Crippen molar-refractivity contribution < 1.29 is 42.4 Å². The highest BCUT2D eigenvalue weighted by molar-refractivity contribution is 5.95. The number of carboxylic acid groups (broad SMARTS) is 1. The van der Waals surface area contributed by atoms with E-state index in [4.69, 9.17) is 35.9 Å². The smallest absolute Gasteiger partial charge is 0.490 e. The van der Waals surface area contributed by atoms with Gasteiger partial charge in [0.25, 0.3) is 5.91 Å². The summed E-state index contributed by atoms with van der Waals surface area (Å²) >= 11 is 0. The number of carbonyl (C=O) groups is 2. The Kier molecular flexibility index (Phi) is 10.9. The van der Waals surface area contributed by atoms with Crippen LogP contribution in [-0.4, -0.2) is 77.2 Å². The topological polar surface area (TPSA) is 182 Å². The maximum Gasteiger partial charge on any atom is 0.490 e. The predicted octanol–water partition coefficient (Wildman–Crippen LogP) is 2.96. The lowest BCUT2D eigenvalue weighted by Gasteiger charge is -2.32. The van der Waals surface area contributed by atoms with Crippen LogP contribution in [0.4, 0.5) is 13.2 Å². The number of nitrogen functional groups attached to an aromatic ring is 1. The number of hydrogen-bond donors (Lipinski definition) is 6. The van der Waals surface area contributed by atoms with Crippen LogP contribution in [0.3, 0.4) is 0 Å². The summed E-state index contributed by atoms with van der Waals surface area (Å²) in [6.07, 6.45) is -3.24. The first-order valence-corrected chi connectivity index (χ1v) is 11.7. The van der Waals surface area contributed by atoms with Gasteiger partial charge in [0.2, 0.25) is 0 Å². The zero-order valence-electron chi connectivity index (χ0n) is 21.0. The molecule has 1 aliphatic rings. The first-order chi connectivity index (χ1) is 18.3. The molecule has 11 nitrogen and oxygen atoms in total. The summed E-state index contributed by atoms with van der Waals surface area (Å²) < 4.78 is 43.2. The Balaban J connectivity index is 0.000000673. The number of nitrogens with one attached hydrogen (secondary N) is 3. The van der Waals surface area contributed by atoms with E-state index in [0.29, 0.717) is 17.0 Å². The molecule has 0 aromatic heterocycles. The molecule has 39 heavy (non-hydrogen) atoms. The summed E-state index contributed by atoms with van der Waals surface area (Å²) in [5, 5.41) is 34.9. The van der Waals surface area contributed by atoms with E-state index in [9.17, 15) is 23.1 Å². The van der Waals surface area contributed by atoms with Gasteiger partial charge < -0.3 is 35.6 Å². The van der Waals surface area contributed by atoms with Crippen LogP contribution in [0, 0.1) is 10.8 Å². The summed E-state index contributed by atoms with van der Waals surface area (Å²) in [5.74, 6) is -1.67. The van der Waals surface area contributed by atoms with E-state index < -0.39 is 12.1 Å². The SMILES string of the molecule is CC(=N)N1CCC(Oc2ccc(C(=O)NCCOc3cc(C(=N)N)ccc3O)cc2)CC1.O=C(O)C(F)(F)F. The van der Waals surface area contributed by atoms with Crippen LogP contribution in [0.25, 0.3) is 0 Å². The van der Waals surface area contributed by atoms with E-state index in [1.807, 2.05) is 4.90 Å². The van der Waals surface area contributed by atoms with Crippen molar-refractivity contribution in [3.8, 4) is 17.2 Å². The Labute approximate surface area is 222 Å². The van der Waals surface area contributed by atoms with Gasteiger partial charge in [-0.3, -0.25) is 15.6 Å². The number of nitrogens with zero attached hydrogens (tertiary/aromatic N) is 1.